The zero-order chi connectivity index (χ0) is 13.8. The standard InChI is InChI=1S/C15H31NO2/c1-13(2)7-6-9-17-11-12-18-10-8-16-15(5)14(3)4/h13-14,16H,5-12H2,1-4H3. The fourth-order valence-electron chi connectivity index (χ4n) is 1.40. The zero-order valence-electron chi connectivity index (χ0n) is 12.6. The van der Waals surface area contributed by atoms with Gasteiger partial charge in [0.1, 0.15) is 0 Å². The Balaban J connectivity index is 3.10. The molecule has 0 saturated heterocycles. The Morgan fingerprint density at radius 3 is 2.17 bits per heavy atom. The van der Waals surface area contributed by atoms with Crippen LogP contribution in [0.2, 0.25) is 0 Å². The van der Waals surface area contributed by atoms with Crippen molar-refractivity contribution in [1.82, 2.24) is 5.32 Å². The van der Waals surface area contributed by atoms with Crippen LogP contribution in [0.25, 0.3) is 0 Å². The zero-order valence-corrected chi connectivity index (χ0v) is 12.6. The molecule has 108 valence electrons. The van der Waals surface area contributed by atoms with Crippen LogP contribution < -0.4 is 5.32 Å². The van der Waals surface area contributed by atoms with Gasteiger partial charge in [0.25, 0.3) is 0 Å². The summed E-state index contributed by atoms with van der Waals surface area (Å²) in [6, 6.07) is 0. The molecule has 0 aliphatic rings. The van der Waals surface area contributed by atoms with Gasteiger partial charge in [-0.1, -0.05) is 34.3 Å². The van der Waals surface area contributed by atoms with Crippen molar-refractivity contribution in [3.05, 3.63) is 12.3 Å². The summed E-state index contributed by atoms with van der Waals surface area (Å²) >= 11 is 0. The third-order valence-corrected chi connectivity index (χ3v) is 2.74. The molecule has 0 atom stereocenters. The summed E-state index contributed by atoms with van der Waals surface area (Å²) in [5.74, 6) is 1.25. The van der Waals surface area contributed by atoms with Gasteiger partial charge in [0.15, 0.2) is 0 Å². The molecule has 0 aliphatic carbocycles. The van der Waals surface area contributed by atoms with E-state index in [1.54, 1.807) is 0 Å². The summed E-state index contributed by atoms with van der Waals surface area (Å²) in [7, 11) is 0. The molecule has 0 fully saturated rings. The van der Waals surface area contributed by atoms with E-state index in [4.69, 9.17) is 9.47 Å². The minimum atomic E-state index is 0.481. The van der Waals surface area contributed by atoms with Gasteiger partial charge < -0.3 is 14.8 Å². The van der Waals surface area contributed by atoms with E-state index in [9.17, 15) is 0 Å². The number of allylic oxidation sites excluding steroid dienone is 1. The van der Waals surface area contributed by atoms with Crippen molar-refractivity contribution < 1.29 is 9.47 Å². The highest BCUT2D eigenvalue weighted by atomic mass is 16.5. The van der Waals surface area contributed by atoms with Crippen LogP contribution >= 0.6 is 0 Å². The van der Waals surface area contributed by atoms with Crippen molar-refractivity contribution in [3.63, 3.8) is 0 Å². The van der Waals surface area contributed by atoms with Gasteiger partial charge in [0, 0.05) is 18.8 Å². The SMILES string of the molecule is C=C(NCCOCCOCCCC(C)C)C(C)C. The van der Waals surface area contributed by atoms with Gasteiger partial charge in [-0.15, -0.1) is 0 Å². The second-order valence-corrected chi connectivity index (χ2v) is 5.37. The maximum Gasteiger partial charge on any atom is 0.0701 e. The predicted octanol–water partition coefficient (Wildman–Crippen LogP) is 3.22. The summed E-state index contributed by atoms with van der Waals surface area (Å²) in [6.07, 6.45) is 2.38. The second kappa shape index (κ2) is 11.5. The van der Waals surface area contributed by atoms with Gasteiger partial charge in [-0.05, 0) is 24.7 Å². The first-order chi connectivity index (χ1) is 8.54. The largest absolute Gasteiger partial charge is 0.386 e. The maximum absolute atomic E-state index is 5.49. The fraction of sp³-hybridized carbons (Fsp3) is 0.867. The Kier molecular flexibility index (Phi) is 11.2. The molecule has 3 nitrogen and oxygen atoms in total. The van der Waals surface area contributed by atoms with Gasteiger partial charge in [-0.2, -0.15) is 0 Å². The van der Waals surface area contributed by atoms with Crippen LogP contribution in [0, 0.1) is 11.8 Å². The molecule has 0 amide bonds. The van der Waals surface area contributed by atoms with Crippen molar-refractivity contribution in [2.45, 2.75) is 40.5 Å². The minimum Gasteiger partial charge on any atom is -0.386 e. The quantitative estimate of drug-likeness (QED) is 0.545. The summed E-state index contributed by atoms with van der Waals surface area (Å²) in [5, 5.41) is 3.25. The average molecular weight is 257 g/mol. The van der Waals surface area contributed by atoms with Gasteiger partial charge >= 0.3 is 0 Å². The molecule has 0 aromatic heterocycles. The molecule has 0 bridgehead atoms. The van der Waals surface area contributed by atoms with Crippen LogP contribution in [0.1, 0.15) is 40.5 Å². The number of hydrogen-bond acceptors (Lipinski definition) is 3. The molecule has 0 unspecified atom stereocenters. The Hall–Kier alpha value is -0.540. The molecule has 0 rings (SSSR count). The van der Waals surface area contributed by atoms with Gasteiger partial charge in [0.2, 0.25) is 0 Å². The second-order valence-electron chi connectivity index (χ2n) is 5.37. The molecule has 3 heteroatoms. The Bertz CT molecular complexity index is 203. The number of hydrogen-bond donors (Lipinski definition) is 1. The normalized spacial score (nSPS) is 11.2. The van der Waals surface area contributed by atoms with Crippen LogP contribution in [0.3, 0.4) is 0 Å². The lowest BCUT2D eigenvalue weighted by Crippen LogP contribution is -2.22. The molecular weight excluding hydrogens is 226 g/mol. The predicted molar refractivity (Wildman–Crippen MR) is 77.7 cm³/mol. The van der Waals surface area contributed by atoms with E-state index in [0.717, 1.165) is 31.2 Å². The molecule has 0 aliphatic heterocycles. The smallest absolute Gasteiger partial charge is 0.0701 e. The Labute approximate surface area is 113 Å². The van der Waals surface area contributed by atoms with Crippen LogP contribution in [0.15, 0.2) is 12.3 Å². The first kappa shape index (κ1) is 17.5. The van der Waals surface area contributed by atoms with Crippen molar-refractivity contribution in [1.29, 1.82) is 0 Å². The Morgan fingerprint density at radius 1 is 1.00 bits per heavy atom. The highest BCUT2D eigenvalue weighted by Crippen LogP contribution is 2.03. The lowest BCUT2D eigenvalue weighted by Gasteiger charge is -2.12. The van der Waals surface area contributed by atoms with Crippen molar-refractivity contribution in [2.24, 2.45) is 11.8 Å². The lowest BCUT2D eigenvalue weighted by atomic mass is 10.1. The fourth-order valence-corrected chi connectivity index (χ4v) is 1.40. The number of rotatable bonds is 12. The molecule has 0 saturated carbocycles. The molecule has 0 aromatic carbocycles. The molecule has 18 heavy (non-hydrogen) atoms. The third kappa shape index (κ3) is 11.9. The van der Waals surface area contributed by atoms with Crippen molar-refractivity contribution in [3.8, 4) is 0 Å². The van der Waals surface area contributed by atoms with Crippen LogP contribution in [0.4, 0.5) is 0 Å². The summed E-state index contributed by atoms with van der Waals surface area (Å²) in [5.41, 5.74) is 1.07. The first-order valence-corrected chi connectivity index (χ1v) is 7.12. The van der Waals surface area contributed by atoms with E-state index in [1.807, 2.05) is 0 Å². The highest BCUT2D eigenvalue weighted by Gasteiger charge is 1.98. The molecule has 0 spiro atoms. The van der Waals surface area contributed by atoms with Gasteiger partial charge in [0.05, 0.1) is 19.8 Å². The monoisotopic (exact) mass is 257 g/mol. The summed E-state index contributed by atoms with van der Waals surface area (Å²) in [6.45, 7) is 16.4. The van der Waals surface area contributed by atoms with Crippen LogP contribution in [-0.2, 0) is 9.47 Å². The molecular formula is C15H31NO2. The van der Waals surface area contributed by atoms with E-state index < -0.39 is 0 Å². The Morgan fingerprint density at radius 2 is 1.61 bits per heavy atom. The highest BCUT2D eigenvalue weighted by molar-refractivity contribution is 4.93. The van der Waals surface area contributed by atoms with Gasteiger partial charge in [-0.25, -0.2) is 0 Å². The lowest BCUT2D eigenvalue weighted by molar-refractivity contribution is 0.0471. The minimum absolute atomic E-state index is 0.481. The molecule has 0 heterocycles. The van der Waals surface area contributed by atoms with Crippen LogP contribution in [-0.4, -0.2) is 33.0 Å². The van der Waals surface area contributed by atoms with Crippen molar-refractivity contribution in [2.75, 3.05) is 33.0 Å². The molecule has 1 N–H and O–H groups in total. The third-order valence-electron chi connectivity index (χ3n) is 2.74. The summed E-state index contributed by atoms with van der Waals surface area (Å²) in [4.78, 5) is 0. The summed E-state index contributed by atoms with van der Waals surface area (Å²) < 4.78 is 10.9. The van der Waals surface area contributed by atoms with E-state index in [-0.39, 0.29) is 0 Å². The molecule has 0 radical (unpaired) electrons. The number of nitrogens with one attached hydrogen (secondary N) is 1. The van der Waals surface area contributed by atoms with Crippen molar-refractivity contribution >= 4 is 0 Å². The van der Waals surface area contributed by atoms with E-state index in [2.05, 4.69) is 39.6 Å². The van der Waals surface area contributed by atoms with Gasteiger partial charge in [-0.3, -0.25) is 0 Å². The van der Waals surface area contributed by atoms with E-state index in [1.165, 1.54) is 6.42 Å². The number of ether oxygens (including phenoxy) is 2. The topological polar surface area (TPSA) is 30.5 Å². The van der Waals surface area contributed by atoms with E-state index in [0.29, 0.717) is 25.7 Å². The molecule has 0 aromatic rings. The average Bonchev–Trinajstić information content (AvgIpc) is 2.30. The maximum atomic E-state index is 5.49. The van der Waals surface area contributed by atoms with E-state index >= 15 is 0 Å². The first-order valence-electron chi connectivity index (χ1n) is 7.12. The van der Waals surface area contributed by atoms with Crippen LogP contribution in [0.5, 0.6) is 0 Å².